The van der Waals surface area contributed by atoms with E-state index in [0.717, 1.165) is 69.9 Å². The molecule has 1 atom stereocenters. The molecule has 1 saturated heterocycles. The van der Waals surface area contributed by atoms with Crippen molar-refractivity contribution in [2.45, 2.75) is 69.6 Å². The SMILES string of the molecule is NCCCCCCC(=O)N1CCCC(c2noc(C3CC3)n2)C1. The summed E-state index contributed by atoms with van der Waals surface area (Å²) in [4.78, 5) is 18.9. The molecule has 6 heteroatoms. The third kappa shape index (κ3) is 4.53. The van der Waals surface area contributed by atoms with Crippen molar-refractivity contribution in [1.82, 2.24) is 15.0 Å². The Balaban J connectivity index is 1.46. The molecular formula is C17H28N4O2. The first-order valence-corrected chi connectivity index (χ1v) is 9.09. The van der Waals surface area contributed by atoms with Crippen LogP contribution in [-0.2, 0) is 4.79 Å². The van der Waals surface area contributed by atoms with Crippen LogP contribution in [0.2, 0.25) is 0 Å². The summed E-state index contributed by atoms with van der Waals surface area (Å²) in [6.45, 7) is 2.35. The van der Waals surface area contributed by atoms with Crippen LogP contribution >= 0.6 is 0 Å². The van der Waals surface area contributed by atoms with E-state index in [1.54, 1.807) is 0 Å². The molecule has 2 aliphatic rings. The fourth-order valence-electron chi connectivity index (χ4n) is 3.26. The first-order valence-electron chi connectivity index (χ1n) is 9.09. The van der Waals surface area contributed by atoms with Crippen molar-refractivity contribution in [3.8, 4) is 0 Å². The van der Waals surface area contributed by atoms with Crippen LogP contribution in [0.25, 0.3) is 0 Å². The van der Waals surface area contributed by atoms with Gasteiger partial charge in [-0.2, -0.15) is 4.98 Å². The van der Waals surface area contributed by atoms with Crippen LogP contribution in [0.5, 0.6) is 0 Å². The maximum Gasteiger partial charge on any atom is 0.229 e. The number of amides is 1. The van der Waals surface area contributed by atoms with E-state index in [9.17, 15) is 4.79 Å². The lowest BCUT2D eigenvalue weighted by molar-refractivity contribution is -0.132. The molecule has 1 aromatic heterocycles. The summed E-state index contributed by atoms with van der Waals surface area (Å²) in [5, 5.41) is 4.15. The Bertz CT molecular complexity index is 512. The average Bonchev–Trinajstić information content (AvgIpc) is 3.31. The first kappa shape index (κ1) is 16.4. The molecular weight excluding hydrogens is 292 g/mol. The van der Waals surface area contributed by atoms with Gasteiger partial charge in [0, 0.05) is 31.3 Å². The molecule has 0 spiro atoms. The molecule has 1 aromatic rings. The highest BCUT2D eigenvalue weighted by molar-refractivity contribution is 5.76. The second kappa shape index (κ2) is 7.90. The summed E-state index contributed by atoms with van der Waals surface area (Å²) in [6.07, 6.45) is 9.30. The van der Waals surface area contributed by atoms with Crippen molar-refractivity contribution in [2.24, 2.45) is 5.73 Å². The van der Waals surface area contributed by atoms with Crippen LogP contribution in [0.1, 0.15) is 81.3 Å². The molecule has 2 N–H and O–H groups in total. The lowest BCUT2D eigenvalue weighted by Gasteiger charge is -2.31. The van der Waals surface area contributed by atoms with Gasteiger partial charge in [-0.25, -0.2) is 0 Å². The number of nitrogens with zero attached hydrogens (tertiary/aromatic N) is 3. The second-order valence-corrected chi connectivity index (χ2v) is 6.90. The number of hydrogen-bond acceptors (Lipinski definition) is 5. The normalized spacial score (nSPS) is 21.6. The lowest BCUT2D eigenvalue weighted by Crippen LogP contribution is -2.39. The zero-order valence-corrected chi connectivity index (χ0v) is 13.9. The predicted octanol–water partition coefficient (Wildman–Crippen LogP) is 2.56. The minimum atomic E-state index is 0.237. The molecule has 1 amide bonds. The highest BCUT2D eigenvalue weighted by atomic mass is 16.5. The van der Waals surface area contributed by atoms with Crippen molar-refractivity contribution in [1.29, 1.82) is 0 Å². The summed E-state index contributed by atoms with van der Waals surface area (Å²) < 4.78 is 5.37. The van der Waals surface area contributed by atoms with E-state index in [1.165, 1.54) is 12.8 Å². The van der Waals surface area contributed by atoms with E-state index in [0.29, 0.717) is 12.3 Å². The highest BCUT2D eigenvalue weighted by Gasteiger charge is 2.32. The maximum atomic E-state index is 12.4. The molecule has 2 fully saturated rings. The van der Waals surface area contributed by atoms with Gasteiger partial charge in [-0.15, -0.1) is 0 Å². The topological polar surface area (TPSA) is 85.3 Å². The standard InChI is InChI=1S/C17H28N4O2/c18-10-4-2-1-3-7-15(22)21-11-5-6-14(12-21)16-19-17(23-20-16)13-8-9-13/h13-14H,1-12,18H2. The summed E-state index contributed by atoms with van der Waals surface area (Å²) in [6, 6.07) is 0. The van der Waals surface area contributed by atoms with Crippen molar-refractivity contribution in [3.63, 3.8) is 0 Å². The van der Waals surface area contributed by atoms with Gasteiger partial charge in [-0.3, -0.25) is 4.79 Å². The Labute approximate surface area is 137 Å². The first-order chi connectivity index (χ1) is 11.3. The van der Waals surface area contributed by atoms with Gasteiger partial charge in [-0.1, -0.05) is 18.0 Å². The number of nitrogens with two attached hydrogens (primary N) is 1. The predicted molar refractivity (Wildman–Crippen MR) is 87.0 cm³/mol. The van der Waals surface area contributed by atoms with Gasteiger partial charge < -0.3 is 15.2 Å². The monoisotopic (exact) mass is 320 g/mol. The number of piperidine rings is 1. The Morgan fingerprint density at radius 2 is 2.00 bits per heavy atom. The summed E-state index contributed by atoms with van der Waals surface area (Å²) >= 11 is 0. The molecule has 0 bridgehead atoms. The molecule has 1 aliphatic heterocycles. The number of carbonyl (C=O) groups excluding carboxylic acids is 1. The summed E-state index contributed by atoms with van der Waals surface area (Å²) in [5.41, 5.74) is 5.49. The van der Waals surface area contributed by atoms with Gasteiger partial charge in [0.05, 0.1) is 0 Å². The number of hydrogen-bond donors (Lipinski definition) is 1. The van der Waals surface area contributed by atoms with Gasteiger partial charge in [0.2, 0.25) is 11.8 Å². The van der Waals surface area contributed by atoms with Gasteiger partial charge >= 0.3 is 0 Å². The smallest absolute Gasteiger partial charge is 0.229 e. The molecule has 23 heavy (non-hydrogen) atoms. The number of aromatic nitrogens is 2. The van der Waals surface area contributed by atoms with E-state index in [-0.39, 0.29) is 11.8 Å². The van der Waals surface area contributed by atoms with E-state index >= 15 is 0 Å². The number of unbranched alkanes of at least 4 members (excludes halogenated alkanes) is 3. The van der Waals surface area contributed by atoms with Crippen LogP contribution in [0.15, 0.2) is 4.52 Å². The van der Waals surface area contributed by atoms with Gasteiger partial charge in [0.1, 0.15) is 0 Å². The fraction of sp³-hybridized carbons (Fsp3) is 0.824. The Kier molecular flexibility index (Phi) is 5.65. The molecule has 0 radical (unpaired) electrons. The molecule has 2 heterocycles. The van der Waals surface area contributed by atoms with Crippen LogP contribution < -0.4 is 5.73 Å². The maximum absolute atomic E-state index is 12.4. The van der Waals surface area contributed by atoms with Crippen molar-refractivity contribution >= 4 is 5.91 Å². The molecule has 1 aliphatic carbocycles. The third-order valence-corrected chi connectivity index (χ3v) is 4.87. The zero-order chi connectivity index (χ0) is 16.1. The lowest BCUT2D eigenvalue weighted by atomic mass is 9.97. The Hall–Kier alpha value is -1.43. The molecule has 128 valence electrons. The van der Waals surface area contributed by atoms with Gasteiger partial charge in [0.25, 0.3) is 0 Å². The number of rotatable bonds is 8. The highest BCUT2D eigenvalue weighted by Crippen LogP contribution is 2.39. The molecule has 6 nitrogen and oxygen atoms in total. The Morgan fingerprint density at radius 1 is 1.17 bits per heavy atom. The number of likely N-dealkylation sites (tertiary alicyclic amines) is 1. The second-order valence-electron chi connectivity index (χ2n) is 6.90. The quantitative estimate of drug-likeness (QED) is 0.744. The van der Waals surface area contributed by atoms with Crippen LogP contribution in [-0.4, -0.2) is 40.6 Å². The van der Waals surface area contributed by atoms with Crippen molar-refractivity contribution in [3.05, 3.63) is 11.7 Å². The summed E-state index contributed by atoms with van der Waals surface area (Å²) in [5.74, 6) is 2.59. The van der Waals surface area contributed by atoms with E-state index in [4.69, 9.17) is 10.3 Å². The van der Waals surface area contributed by atoms with Crippen molar-refractivity contribution in [2.75, 3.05) is 19.6 Å². The minimum Gasteiger partial charge on any atom is -0.342 e. The minimum absolute atomic E-state index is 0.237. The van der Waals surface area contributed by atoms with Gasteiger partial charge in [-0.05, 0) is 45.1 Å². The van der Waals surface area contributed by atoms with Crippen LogP contribution in [0.3, 0.4) is 0 Å². The Morgan fingerprint density at radius 3 is 2.78 bits per heavy atom. The van der Waals surface area contributed by atoms with E-state index in [1.807, 2.05) is 4.90 Å². The van der Waals surface area contributed by atoms with Gasteiger partial charge in [0.15, 0.2) is 5.82 Å². The molecule has 1 saturated carbocycles. The average molecular weight is 320 g/mol. The summed E-state index contributed by atoms with van der Waals surface area (Å²) in [7, 11) is 0. The molecule has 1 unspecified atom stereocenters. The fourth-order valence-corrected chi connectivity index (χ4v) is 3.26. The molecule has 3 rings (SSSR count). The van der Waals surface area contributed by atoms with Crippen LogP contribution in [0, 0.1) is 0 Å². The van der Waals surface area contributed by atoms with Crippen molar-refractivity contribution < 1.29 is 9.32 Å². The molecule has 0 aromatic carbocycles. The van der Waals surface area contributed by atoms with E-state index < -0.39 is 0 Å². The third-order valence-electron chi connectivity index (χ3n) is 4.87. The van der Waals surface area contributed by atoms with Crippen LogP contribution in [0.4, 0.5) is 0 Å². The van der Waals surface area contributed by atoms with E-state index in [2.05, 4.69) is 10.1 Å². The largest absolute Gasteiger partial charge is 0.342 e. The number of carbonyl (C=O) groups is 1. The zero-order valence-electron chi connectivity index (χ0n) is 13.9.